The first-order chi connectivity index (χ1) is 6.18. The van der Waals surface area contributed by atoms with E-state index in [1.54, 1.807) is 0 Å². The van der Waals surface area contributed by atoms with Gasteiger partial charge in [0.05, 0.1) is 0 Å². The van der Waals surface area contributed by atoms with E-state index in [0.717, 1.165) is 0 Å². The topological polar surface area (TPSA) is 157 Å². The van der Waals surface area contributed by atoms with Crippen molar-refractivity contribution in [1.29, 1.82) is 0 Å². The number of aromatic nitrogens is 4. The Morgan fingerprint density at radius 2 is 2.15 bits per heavy atom. The maximum absolute atomic E-state index is 5.31. The maximum Gasteiger partial charge on any atom is 0.218 e. The van der Waals surface area contributed by atoms with E-state index in [9.17, 15) is 0 Å². The van der Waals surface area contributed by atoms with Crippen molar-refractivity contribution in [3.63, 3.8) is 0 Å². The SMILES string of the molecule is NC(N)=NC(N)=NCc1nn[nH]n1. The van der Waals surface area contributed by atoms with Gasteiger partial charge in [-0.05, 0) is 0 Å². The Bertz CT molecular complexity index is 304. The van der Waals surface area contributed by atoms with Gasteiger partial charge in [-0.25, -0.2) is 4.99 Å². The van der Waals surface area contributed by atoms with Crippen molar-refractivity contribution in [2.45, 2.75) is 6.54 Å². The van der Waals surface area contributed by atoms with E-state index in [-0.39, 0.29) is 18.5 Å². The average Bonchev–Trinajstić information content (AvgIpc) is 2.51. The largest absolute Gasteiger partial charge is 0.370 e. The van der Waals surface area contributed by atoms with Gasteiger partial charge in [0.1, 0.15) is 6.54 Å². The fourth-order valence-corrected chi connectivity index (χ4v) is 0.569. The van der Waals surface area contributed by atoms with Crippen molar-refractivity contribution in [3.05, 3.63) is 5.82 Å². The van der Waals surface area contributed by atoms with Crippen LogP contribution in [0.4, 0.5) is 0 Å². The van der Waals surface area contributed by atoms with E-state index in [1.807, 2.05) is 0 Å². The van der Waals surface area contributed by atoms with Crippen LogP contribution in [0.25, 0.3) is 0 Å². The molecule has 13 heavy (non-hydrogen) atoms. The molecule has 9 heteroatoms. The second kappa shape index (κ2) is 3.99. The number of tetrazole rings is 1. The minimum absolute atomic E-state index is 0.0233. The minimum Gasteiger partial charge on any atom is -0.370 e. The fraction of sp³-hybridized carbons (Fsp3) is 0.250. The summed E-state index contributed by atoms with van der Waals surface area (Å²) in [6.07, 6.45) is 0. The van der Waals surface area contributed by atoms with E-state index in [1.165, 1.54) is 0 Å². The van der Waals surface area contributed by atoms with Crippen LogP contribution in [0, 0.1) is 0 Å². The van der Waals surface area contributed by atoms with Crippen molar-refractivity contribution < 1.29 is 0 Å². The van der Waals surface area contributed by atoms with Crippen LogP contribution in [0.15, 0.2) is 9.98 Å². The van der Waals surface area contributed by atoms with Gasteiger partial charge in [-0.2, -0.15) is 10.2 Å². The number of nitrogens with two attached hydrogens (primary N) is 3. The highest BCUT2D eigenvalue weighted by Gasteiger charge is 1.95. The van der Waals surface area contributed by atoms with Crippen molar-refractivity contribution >= 4 is 11.9 Å². The molecule has 1 heterocycles. The number of aromatic amines is 1. The summed E-state index contributed by atoms with van der Waals surface area (Å²) < 4.78 is 0. The molecule has 0 atom stereocenters. The summed E-state index contributed by atoms with van der Waals surface area (Å²) in [7, 11) is 0. The van der Waals surface area contributed by atoms with E-state index in [0.29, 0.717) is 5.82 Å². The first kappa shape index (κ1) is 8.90. The third-order valence-electron chi connectivity index (χ3n) is 1.02. The normalized spacial score (nSPS) is 11.2. The zero-order valence-corrected chi connectivity index (χ0v) is 6.68. The number of guanidine groups is 2. The van der Waals surface area contributed by atoms with Gasteiger partial charge in [-0.15, -0.1) is 10.2 Å². The number of hydrogen-bond donors (Lipinski definition) is 4. The lowest BCUT2D eigenvalue weighted by molar-refractivity contribution is 0.881. The summed E-state index contributed by atoms with van der Waals surface area (Å²) in [5.74, 6) is 0.243. The molecule has 9 nitrogen and oxygen atoms in total. The molecule has 1 aromatic heterocycles. The second-order valence-corrected chi connectivity index (χ2v) is 2.04. The molecular weight excluding hydrogens is 174 g/mol. The molecule has 0 aromatic carbocycles. The second-order valence-electron chi connectivity index (χ2n) is 2.04. The Labute approximate surface area is 73.1 Å². The quantitative estimate of drug-likeness (QED) is 0.288. The van der Waals surface area contributed by atoms with Gasteiger partial charge in [-0.1, -0.05) is 5.21 Å². The molecule has 70 valence electrons. The zero-order chi connectivity index (χ0) is 9.68. The van der Waals surface area contributed by atoms with Crippen molar-refractivity contribution in [1.82, 2.24) is 20.6 Å². The fourth-order valence-electron chi connectivity index (χ4n) is 0.569. The monoisotopic (exact) mass is 183 g/mol. The summed E-state index contributed by atoms with van der Waals surface area (Å²) in [6.45, 7) is 0.180. The Morgan fingerprint density at radius 1 is 1.38 bits per heavy atom. The summed E-state index contributed by atoms with van der Waals surface area (Å²) in [5.41, 5.74) is 15.4. The highest BCUT2D eigenvalue weighted by Crippen LogP contribution is 1.86. The van der Waals surface area contributed by atoms with E-state index in [4.69, 9.17) is 17.2 Å². The van der Waals surface area contributed by atoms with Crippen molar-refractivity contribution in [2.75, 3.05) is 0 Å². The maximum atomic E-state index is 5.31. The van der Waals surface area contributed by atoms with Crippen LogP contribution >= 0.6 is 0 Å². The lowest BCUT2D eigenvalue weighted by Gasteiger charge is -1.91. The molecule has 0 unspecified atom stereocenters. The van der Waals surface area contributed by atoms with Crippen LogP contribution in [0.3, 0.4) is 0 Å². The molecule has 0 amide bonds. The Balaban J connectivity index is 2.53. The van der Waals surface area contributed by atoms with E-state index >= 15 is 0 Å². The first-order valence-corrected chi connectivity index (χ1v) is 3.30. The van der Waals surface area contributed by atoms with Gasteiger partial charge in [-0.3, -0.25) is 0 Å². The third kappa shape index (κ3) is 3.14. The number of nitrogens with one attached hydrogen (secondary N) is 1. The molecule has 1 rings (SSSR count). The Kier molecular flexibility index (Phi) is 2.73. The van der Waals surface area contributed by atoms with Gasteiger partial charge in [0.25, 0.3) is 0 Å². The summed E-state index contributed by atoms with van der Waals surface area (Å²) in [4.78, 5) is 7.26. The highest BCUT2D eigenvalue weighted by atomic mass is 15.5. The molecular formula is C4H9N9. The Hall–Kier alpha value is -2.19. The number of nitrogens with zero attached hydrogens (tertiary/aromatic N) is 5. The van der Waals surface area contributed by atoms with Gasteiger partial charge in [0, 0.05) is 0 Å². The van der Waals surface area contributed by atoms with Gasteiger partial charge in [0.15, 0.2) is 11.8 Å². The molecule has 0 aliphatic rings. The molecule has 7 N–H and O–H groups in total. The van der Waals surface area contributed by atoms with Crippen LogP contribution in [0.1, 0.15) is 5.82 Å². The molecule has 0 radical (unpaired) electrons. The highest BCUT2D eigenvalue weighted by molar-refractivity contribution is 5.92. The number of aliphatic imine (C=N–C) groups is 2. The van der Waals surface area contributed by atoms with Crippen LogP contribution in [0.2, 0.25) is 0 Å². The molecule has 0 fully saturated rings. The van der Waals surface area contributed by atoms with Crippen molar-refractivity contribution in [3.8, 4) is 0 Å². The molecule has 0 saturated heterocycles. The molecule has 0 aliphatic heterocycles. The lowest BCUT2D eigenvalue weighted by Crippen LogP contribution is -2.26. The Morgan fingerprint density at radius 3 is 2.69 bits per heavy atom. The van der Waals surface area contributed by atoms with Gasteiger partial charge in [0.2, 0.25) is 5.96 Å². The van der Waals surface area contributed by atoms with Crippen molar-refractivity contribution in [2.24, 2.45) is 27.2 Å². The summed E-state index contributed by atoms with van der Waals surface area (Å²) in [5, 5.41) is 12.9. The van der Waals surface area contributed by atoms with Gasteiger partial charge < -0.3 is 17.2 Å². The van der Waals surface area contributed by atoms with E-state index in [2.05, 4.69) is 30.6 Å². The standard InChI is InChI=1S/C4H9N9/c5-3(6)9-4(7)8-1-2-10-12-13-11-2/h1H2,(H,10,11,12,13)(H6,5,6,7,8,9). The average molecular weight is 183 g/mol. The molecule has 0 bridgehead atoms. The number of hydrogen-bond acceptors (Lipinski definition) is 4. The van der Waals surface area contributed by atoms with Crippen LogP contribution < -0.4 is 17.2 Å². The van der Waals surface area contributed by atoms with E-state index < -0.39 is 0 Å². The molecule has 0 spiro atoms. The van der Waals surface area contributed by atoms with Crippen LogP contribution in [0.5, 0.6) is 0 Å². The number of rotatable bonds is 2. The number of H-pyrrole nitrogens is 1. The third-order valence-corrected chi connectivity index (χ3v) is 1.02. The van der Waals surface area contributed by atoms with Gasteiger partial charge >= 0.3 is 0 Å². The smallest absolute Gasteiger partial charge is 0.218 e. The zero-order valence-electron chi connectivity index (χ0n) is 6.68. The summed E-state index contributed by atoms with van der Waals surface area (Å²) >= 11 is 0. The van der Waals surface area contributed by atoms with Crippen LogP contribution in [-0.4, -0.2) is 32.5 Å². The molecule has 1 aromatic rings. The predicted octanol–water partition coefficient (Wildman–Crippen LogP) is -2.71. The minimum atomic E-state index is -0.144. The predicted molar refractivity (Wildman–Crippen MR) is 45.3 cm³/mol. The lowest BCUT2D eigenvalue weighted by atomic mass is 10.6. The molecule has 0 saturated carbocycles. The first-order valence-electron chi connectivity index (χ1n) is 3.30. The molecule has 0 aliphatic carbocycles. The summed E-state index contributed by atoms with van der Waals surface area (Å²) in [6, 6.07) is 0. The van der Waals surface area contributed by atoms with Crippen LogP contribution in [-0.2, 0) is 6.54 Å².